The summed E-state index contributed by atoms with van der Waals surface area (Å²) in [4.78, 5) is 23.0. The molecule has 0 bridgehead atoms. The van der Waals surface area contributed by atoms with Gasteiger partial charge in [-0.05, 0) is 24.1 Å². The number of nitrogens with one attached hydrogen (secondary N) is 1. The number of benzene rings is 1. The maximum Gasteiger partial charge on any atom is 0.330 e. The molecule has 1 amide bonds. The van der Waals surface area contributed by atoms with E-state index in [-0.39, 0.29) is 11.9 Å². The van der Waals surface area contributed by atoms with Crippen LogP contribution in [0.3, 0.4) is 0 Å². The van der Waals surface area contributed by atoms with Gasteiger partial charge in [0.25, 0.3) is 5.91 Å². The van der Waals surface area contributed by atoms with Crippen LogP contribution in [-0.4, -0.2) is 25.0 Å². The molecule has 1 N–H and O–H groups in total. The second-order valence-corrected chi connectivity index (χ2v) is 3.86. The fraction of sp³-hybridized carbons (Fsp3) is 0.231. The first-order valence-electron chi connectivity index (χ1n) is 5.33. The zero-order chi connectivity index (χ0) is 12.4. The Morgan fingerprint density at radius 1 is 1.35 bits per heavy atom. The molecule has 1 atom stereocenters. The number of hydrogen-bond acceptors (Lipinski definition) is 3. The number of rotatable bonds is 1. The summed E-state index contributed by atoms with van der Waals surface area (Å²) in [6, 6.07) is 7.01. The average molecular weight is 231 g/mol. The monoisotopic (exact) mass is 231 g/mol. The highest BCUT2D eigenvalue weighted by Crippen LogP contribution is 2.26. The average Bonchev–Trinajstić information content (AvgIpc) is 2.34. The Morgan fingerprint density at radius 3 is 2.65 bits per heavy atom. The summed E-state index contributed by atoms with van der Waals surface area (Å²) in [5.41, 5.74) is 2.14. The van der Waals surface area contributed by atoms with Gasteiger partial charge in [-0.25, -0.2) is 4.79 Å². The second-order valence-electron chi connectivity index (χ2n) is 3.86. The lowest BCUT2D eigenvalue weighted by molar-refractivity contribution is -0.134. The minimum atomic E-state index is -0.419. The third kappa shape index (κ3) is 2.06. The van der Waals surface area contributed by atoms with Crippen LogP contribution in [0.25, 0.3) is 5.57 Å². The van der Waals surface area contributed by atoms with Crippen molar-refractivity contribution in [2.45, 2.75) is 13.0 Å². The topological polar surface area (TPSA) is 55.4 Å². The summed E-state index contributed by atoms with van der Waals surface area (Å²) >= 11 is 0. The minimum absolute atomic E-state index is 0.116. The fourth-order valence-corrected chi connectivity index (χ4v) is 1.91. The summed E-state index contributed by atoms with van der Waals surface area (Å²) in [7, 11) is 1.33. The maximum absolute atomic E-state index is 11.7. The molecule has 1 aliphatic rings. The first kappa shape index (κ1) is 11.4. The van der Waals surface area contributed by atoms with E-state index in [9.17, 15) is 9.59 Å². The largest absolute Gasteiger partial charge is 0.466 e. The van der Waals surface area contributed by atoms with Crippen molar-refractivity contribution in [2.24, 2.45) is 0 Å². The molecular weight excluding hydrogens is 218 g/mol. The molecular formula is C13H13NO3. The van der Waals surface area contributed by atoms with Crippen molar-refractivity contribution in [1.29, 1.82) is 0 Å². The molecule has 1 aromatic rings. The Kier molecular flexibility index (Phi) is 2.95. The van der Waals surface area contributed by atoms with Crippen molar-refractivity contribution in [2.75, 3.05) is 7.11 Å². The molecule has 2 rings (SSSR count). The van der Waals surface area contributed by atoms with Crippen LogP contribution in [-0.2, 0) is 9.53 Å². The molecule has 1 aromatic carbocycles. The number of fused-ring (bicyclic) bond motifs is 1. The van der Waals surface area contributed by atoms with Gasteiger partial charge in [0.15, 0.2) is 0 Å². The lowest BCUT2D eigenvalue weighted by Crippen LogP contribution is -2.38. The SMILES string of the molecule is COC(=O)/C=C1/c2ccccc2C(=O)N[C@H]1C. The van der Waals surface area contributed by atoms with Crippen LogP contribution in [0.15, 0.2) is 30.3 Å². The number of hydrogen-bond donors (Lipinski definition) is 1. The van der Waals surface area contributed by atoms with Gasteiger partial charge < -0.3 is 10.1 Å². The van der Waals surface area contributed by atoms with Gasteiger partial charge in [0.05, 0.1) is 13.2 Å². The first-order valence-corrected chi connectivity index (χ1v) is 5.33. The molecule has 0 aromatic heterocycles. The van der Waals surface area contributed by atoms with Gasteiger partial charge in [-0.15, -0.1) is 0 Å². The van der Waals surface area contributed by atoms with Gasteiger partial charge in [-0.3, -0.25) is 4.79 Å². The van der Waals surface area contributed by atoms with E-state index in [1.54, 1.807) is 12.1 Å². The molecule has 4 heteroatoms. The van der Waals surface area contributed by atoms with Crippen molar-refractivity contribution in [3.8, 4) is 0 Å². The molecule has 1 heterocycles. The number of amides is 1. The summed E-state index contributed by atoms with van der Waals surface area (Å²) in [6.45, 7) is 1.84. The Hall–Kier alpha value is -2.10. The molecule has 4 nitrogen and oxygen atoms in total. The van der Waals surface area contributed by atoms with Crippen LogP contribution in [0.4, 0.5) is 0 Å². The van der Waals surface area contributed by atoms with Gasteiger partial charge in [0, 0.05) is 11.6 Å². The zero-order valence-corrected chi connectivity index (χ0v) is 9.69. The van der Waals surface area contributed by atoms with Gasteiger partial charge in [0.1, 0.15) is 0 Å². The van der Waals surface area contributed by atoms with Crippen LogP contribution >= 0.6 is 0 Å². The standard InChI is InChI=1S/C13H13NO3/c1-8-11(7-12(15)17-2)9-5-3-4-6-10(9)13(16)14-8/h3-8H,1-2H3,(H,14,16)/b11-7+/t8-/m0/s1. The van der Waals surface area contributed by atoms with E-state index >= 15 is 0 Å². The van der Waals surface area contributed by atoms with E-state index in [4.69, 9.17) is 0 Å². The van der Waals surface area contributed by atoms with Gasteiger partial charge >= 0.3 is 5.97 Å². The normalized spacial score (nSPS) is 20.7. The molecule has 17 heavy (non-hydrogen) atoms. The number of methoxy groups -OCH3 is 1. The van der Waals surface area contributed by atoms with Crippen molar-refractivity contribution in [3.05, 3.63) is 41.5 Å². The second kappa shape index (κ2) is 4.41. The summed E-state index contributed by atoms with van der Waals surface area (Å²) in [5.74, 6) is -0.534. The lowest BCUT2D eigenvalue weighted by Gasteiger charge is -2.25. The van der Waals surface area contributed by atoms with E-state index in [1.807, 2.05) is 19.1 Å². The van der Waals surface area contributed by atoms with E-state index < -0.39 is 5.97 Å². The van der Waals surface area contributed by atoms with E-state index in [0.717, 1.165) is 11.1 Å². The third-order valence-electron chi connectivity index (χ3n) is 2.77. The number of carbonyl (C=O) groups is 2. The van der Waals surface area contributed by atoms with Crippen molar-refractivity contribution >= 4 is 17.4 Å². The van der Waals surface area contributed by atoms with Crippen LogP contribution < -0.4 is 5.32 Å². The zero-order valence-electron chi connectivity index (χ0n) is 9.69. The molecule has 0 spiro atoms. The Bertz CT molecular complexity index is 505. The highest BCUT2D eigenvalue weighted by Gasteiger charge is 2.25. The minimum Gasteiger partial charge on any atom is -0.466 e. The lowest BCUT2D eigenvalue weighted by atomic mass is 9.90. The fourth-order valence-electron chi connectivity index (χ4n) is 1.91. The summed E-state index contributed by atoms with van der Waals surface area (Å²) in [5, 5.41) is 2.80. The van der Waals surface area contributed by atoms with E-state index in [1.165, 1.54) is 13.2 Å². The van der Waals surface area contributed by atoms with Crippen LogP contribution in [0.5, 0.6) is 0 Å². The van der Waals surface area contributed by atoms with Gasteiger partial charge in [-0.2, -0.15) is 0 Å². The highest BCUT2D eigenvalue weighted by molar-refractivity contribution is 6.06. The third-order valence-corrected chi connectivity index (χ3v) is 2.77. The summed E-state index contributed by atoms with van der Waals surface area (Å²) < 4.78 is 4.62. The summed E-state index contributed by atoms with van der Waals surface area (Å²) in [6.07, 6.45) is 1.42. The molecule has 0 radical (unpaired) electrons. The highest BCUT2D eigenvalue weighted by atomic mass is 16.5. The quantitative estimate of drug-likeness (QED) is 0.586. The molecule has 88 valence electrons. The molecule has 0 saturated heterocycles. The molecule has 0 saturated carbocycles. The predicted octanol–water partition coefficient (Wildman–Crippen LogP) is 1.37. The van der Waals surface area contributed by atoms with Gasteiger partial charge in [-0.1, -0.05) is 18.2 Å². The van der Waals surface area contributed by atoms with Crippen LogP contribution in [0.1, 0.15) is 22.8 Å². The number of esters is 1. The van der Waals surface area contributed by atoms with Gasteiger partial charge in [0.2, 0.25) is 0 Å². The van der Waals surface area contributed by atoms with E-state index in [0.29, 0.717) is 5.56 Å². The maximum atomic E-state index is 11.7. The Balaban J connectivity index is 2.53. The Labute approximate surface area is 99.3 Å². The van der Waals surface area contributed by atoms with Crippen molar-refractivity contribution in [1.82, 2.24) is 5.32 Å². The molecule has 1 aliphatic heterocycles. The predicted molar refractivity (Wildman–Crippen MR) is 63.4 cm³/mol. The van der Waals surface area contributed by atoms with Crippen molar-refractivity contribution < 1.29 is 14.3 Å². The van der Waals surface area contributed by atoms with Crippen LogP contribution in [0.2, 0.25) is 0 Å². The Morgan fingerprint density at radius 2 is 2.00 bits per heavy atom. The number of ether oxygens (including phenoxy) is 1. The van der Waals surface area contributed by atoms with E-state index in [2.05, 4.69) is 10.1 Å². The molecule has 0 fully saturated rings. The molecule has 0 aliphatic carbocycles. The first-order chi connectivity index (χ1) is 8.13. The molecule has 0 unspecified atom stereocenters. The smallest absolute Gasteiger partial charge is 0.330 e. The number of carbonyl (C=O) groups excluding carboxylic acids is 2. The van der Waals surface area contributed by atoms with Crippen LogP contribution in [0, 0.1) is 0 Å². The van der Waals surface area contributed by atoms with Crippen molar-refractivity contribution in [3.63, 3.8) is 0 Å².